The molecule has 1 aliphatic heterocycles. The number of carbonyl (C=O) groups excluding carboxylic acids is 1. The van der Waals surface area contributed by atoms with Gasteiger partial charge in [-0.2, -0.15) is 0 Å². The maximum Gasteiger partial charge on any atom is 0.249 e. The highest BCUT2D eigenvalue weighted by molar-refractivity contribution is 5.80. The zero-order valence-electron chi connectivity index (χ0n) is 8.91. The number of rotatable bonds is 3. The average Bonchev–Trinajstić information content (AvgIpc) is 2.45. The molecule has 0 aliphatic carbocycles. The Hall–Kier alpha value is -0.610. The predicted octanol–water partition coefficient (Wildman–Crippen LogP) is 0.707. The molecule has 2 unspecified atom stereocenters. The van der Waals surface area contributed by atoms with Gasteiger partial charge in [0, 0.05) is 26.4 Å². The second kappa shape index (κ2) is 5.98. The fourth-order valence-electron chi connectivity index (χ4n) is 1.47. The van der Waals surface area contributed by atoms with E-state index in [1.165, 1.54) is 0 Å². The zero-order chi connectivity index (χ0) is 10.4. The van der Waals surface area contributed by atoms with Crippen molar-refractivity contribution >= 4 is 5.91 Å². The van der Waals surface area contributed by atoms with Crippen LogP contribution in [0.3, 0.4) is 0 Å². The molecule has 0 aromatic heterocycles. The Balaban J connectivity index is 2.30. The molecule has 1 amide bonds. The normalized spacial score (nSPS) is 25.1. The van der Waals surface area contributed by atoms with Crippen LogP contribution in [0.1, 0.15) is 26.2 Å². The third-order valence-electron chi connectivity index (χ3n) is 2.52. The molecule has 0 spiro atoms. The summed E-state index contributed by atoms with van der Waals surface area (Å²) in [6.07, 6.45) is 2.57. The van der Waals surface area contributed by atoms with Crippen molar-refractivity contribution in [2.45, 2.75) is 38.3 Å². The van der Waals surface area contributed by atoms with Gasteiger partial charge in [-0.3, -0.25) is 4.79 Å². The van der Waals surface area contributed by atoms with Gasteiger partial charge in [-0.1, -0.05) is 0 Å². The summed E-state index contributed by atoms with van der Waals surface area (Å²) in [4.78, 5) is 11.5. The lowest BCUT2D eigenvalue weighted by Gasteiger charge is -2.18. The highest BCUT2D eigenvalue weighted by Gasteiger charge is 2.18. The summed E-state index contributed by atoms with van der Waals surface area (Å²) in [5.74, 6) is -0.0283. The van der Waals surface area contributed by atoms with Crippen LogP contribution in [0, 0.1) is 0 Å². The fourth-order valence-corrected chi connectivity index (χ4v) is 1.47. The lowest BCUT2D eigenvalue weighted by atomic mass is 10.1. The molecular weight excluding hydrogens is 182 g/mol. The minimum Gasteiger partial charge on any atom is -0.381 e. The van der Waals surface area contributed by atoms with Crippen molar-refractivity contribution < 1.29 is 14.3 Å². The molecule has 1 heterocycles. The van der Waals surface area contributed by atoms with Gasteiger partial charge < -0.3 is 14.8 Å². The third kappa shape index (κ3) is 3.64. The molecule has 4 nitrogen and oxygen atoms in total. The summed E-state index contributed by atoms with van der Waals surface area (Å²) in [5.41, 5.74) is 0. The largest absolute Gasteiger partial charge is 0.381 e. The van der Waals surface area contributed by atoms with Gasteiger partial charge in [0.15, 0.2) is 0 Å². The molecule has 1 N–H and O–H groups in total. The molecule has 0 saturated carbocycles. The predicted molar refractivity (Wildman–Crippen MR) is 53.1 cm³/mol. The summed E-state index contributed by atoms with van der Waals surface area (Å²) in [6, 6.07) is 0.252. The molecule has 14 heavy (non-hydrogen) atoms. The van der Waals surface area contributed by atoms with Crippen LogP contribution in [0.2, 0.25) is 0 Å². The second-order valence-corrected chi connectivity index (χ2v) is 3.63. The van der Waals surface area contributed by atoms with Crippen molar-refractivity contribution in [1.82, 2.24) is 5.32 Å². The monoisotopic (exact) mass is 201 g/mol. The van der Waals surface area contributed by atoms with Crippen LogP contribution in [0.15, 0.2) is 0 Å². The van der Waals surface area contributed by atoms with Crippen LogP contribution in [-0.2, 0) is 14.3 Å². The van der Waals surface area contributed by atoms with Gasteiger partial charge >= 0.3 is 0 Å². The van der Waals surface area contributed by atoms with Crippen LogP contribution >= 0.6 is 0 Å². The first-order valence-corrected chi connectivity index (χ1v) is 5.15. The van der Waals surface area contributed by atoms with Crippen molar-refractivity contribution in [2.24, 2.45) is 0 Å². The summed E-state index contributed by atoms with van der Waals surface area (Å²) in [5, 5.41) is 2.97. The highest BCUT2D eigenvalue weighted by Crippen LogP contribution is 2.08. The maximum absolute atomic E-state index is 11.5. The van der Waals surface area contributed by atoms with E-state index in [1.54, 1.807) is 14.0 Å². The smallest absolute Gasteiger partial charge is 0.249 e. The highest BCUT2D eigenvalue weighted by atomic mass is 16.5. The molecule has 0 aromatic carbocycles. The second-order valence-electron chi connectivity index (χ2n) is 3.63. The lowest BCUT2D eigenvalue weighted by Crippen LogP contribution is -2.41. The van der Waals surface area contributed by atoms with Gasteiger partial charge in [-0.25, -0.2) is 0 Å². The van der Waals surface area contributed by atoms with Crippen molar-refractivity contribution in [2.75, 3.05) is 20.3 Å². The van der Waals surface area contributed by atoms with Crippen LogP contribution in [0.25, 0.3) is 0 Å². The van der Waals surface area contributed by atoms with E-state index in [4.69, 9.17) is 9.47 Å². The minimum atomic E-state index is -0.362. The van der Waals surface area contributed by atoms with Crippen LogP contribution in [-0.4, -0.2) is 38.4 Å². The molecule has 0 bridgehead atoms. The number of hydrogen-bond donors (Lipinski definition) is 1. The summed E-state index contributed by atoms with van der Waals surface area (Å²) in [6.45, 7) is 3.31. The molecular formula is C10H19NO3. The van der Waals surface area contributed by atoms with Crippen LogP contribution < -0.4 is 5.32 Å². The summed E-state index contributed by atoms with van der Waals surface area (Å²) >= 11 is 0. The standard InChI is InChI=1S/C10H19NO3/c1-8(13-2)10(12)11-9-4-3-6-14-7-5-9/h8-9H,3-7H2,1-2H3,(H,11,12). The Morgan fingerprint density at radius 2 is 2.29 bits per heavy atom. The number of carbonyl (C=O) groups is 1. The Labute approximate surface area is 85.0 Å². The van der Waals surface area contributed by atoms with Gasteiger partial charge in [0.05, 0.1) is 0 Å². The maximum atomic E-state index is 11.5. The number of nitrogens with one attached hydrogen (secondary N) is 1. The number of hydrogen-bond acceptors (Lipinski definition) is 3. The fraction of sp³-hybridized carbons (Fsp3) is 0.900. The van der Waals surface area contributed by atoms with Gasteiger partial charge in [-0.05, 0) is 26.2 Å². The Morgan fingerprint density at radius 3 is 3.00 bits per heavy atom. The van der Waals surface area contributed by atoms with Crippen molar-refractivity contribution in [3.05, 3.63) is 0 Å². The molecule has 4 heteroatoms. The van der Waals surface area contributed by atoms with Gasteiger partial charge in [0.1, 0.15) is 6.10 Å². The van der Waals surface area contributed by atoms with E-state index >= 15 is 0 Å². The van der Waals surface area contributed by atoms with E-state index in [9.17, 15) is 4.79 Å². The Bertz CT molecular complexity index is 176. The first kappa shape index (κ1) is 11.5. The molecule has 1 aliphatic rings. The number of ether oxygens (including phenoxy) is 2. The molecule has 1 saturated heterocycles. The van der Waals surface area contributed by atoms with E-state index in [2.05, 4.69) is 5.32 Å². The first-order valence-electron chi connectivity index (χ1n) is 5.15. The van der Waals surface area contributed by atoms with Gasteiger partial charge in [0.2, 0.25) is 5.91 Å². The van der Waals surface area contributed by atoms with E-state index < -0.39 is 0 Å². The van der Waals surface area contributed by atoms with E-state index in [1.807, 2.05) is 0 Å². The molecule has 82 valence electrons. The zero-order valence-corrected chi connectivity index (χ0v) is 8.91. The number of methoxy groups -OCH3 is 1. The lowest BCUT2D eigenvalue weighted by molar-refractivity contribution is -0.130. The summed E-state index contributed by atoms with van der Waals surface area (Å²) in [7, 11) is 1.54. The topological polar surface area (TPSA) is 47.6 Å². The molecule has 2 atom stereocenters. The van der Waals surface area contributed by atoms with E-state index in [0.29, 0.717) is 0 Å². The molecule has 0 aromatic rings. The molecule has 1 fully saturated rings. The Kier molecular flexibility index (Phi) is 4.90. The molecule has 0 radical (unpaired) electrons. The quantitative estimate of drug-likeness (QED) is 0.731. The average molecular weight is 201 g/mol. The van der Waals surface area contributed by atoms with Crippen LogP contribution in [0.5, 0.6) is 0 Å². The third-order valence-corrected chi connectivity index (χ3v) is 2.52. The van der Waals surface area contributed by atoms with E-state index in [0.717, 1.165) is 32.5 Å². The SMILES string of the molecule is COC(C)C(=O)NC1CCCOCC1. The Morgan fingerprint density at radius 1 is 1.50 bits per heavy atom. The van der Waals surface area contributed by atoms with Gasteiger partial charge in [-0.15, -0.1) is 0 Å². The van der Waals surface area contributed by atoms with Crippen molar-refractivity contribution in [3.63, 3.8) is 0 Å². The number of amides is 1. The van der Waals surface area contributed by atoms with E-state index in [-0.39, 0.29) is 18.1 Å². The van der Waals surface area contributed by atoms with Crippen molar-refractivity contribution in [3.8, 4) is 0 Å². The summed E-state index contributed by atoms with van der Waals surface area (Å²) < 4.78 is 10.3. The minimum absolute atomic E-state index is 0.0283. The van der Waals surface area contributed by atoms with Crippen molar-refractivity contribution in [1.29, 1.82) is 0 Å². The molecule has 1 rings (SSSR count). The van der Waals surface area contributed by atoms with Gasteiger partial charge in [0.25, 0.3) is 0 Å². The first-order chi connectivity index (χ1) is 6.74. The van der Waals surface area contributed by atoms with Crippen LogP contribution in [0.4, 0.5) is 0 Å².